The Morgan fingerprint density at radius 2 is 1.56 bits per heavy atom. The average Bonchev–Trinajstić information content (AvgIpc) is 2.70. The molecule has 1 N–H and O–H groups in total. The van der Waals surface area contributed by atoms with Crippen LogP contribution in [0.4, 0.5) is 45.6 Å². The van der Waals surface area contributed by atoms with Crippen molar-refractivity contribution in [2.24, 2.45) is 0 Å². The lowest BCUT2D eigenvalue weighted by Gasteiger charge is -2.25. The van der Waals surface area contributed by atoms with Crippen LogP contribution in [0.2, 0.25) is 10.0 Å². The van der Waals surface area contributed by atoms with Crippen LogP contribution in [0.15, 0.2) is 30.3 Å². The van der Waals surface area contributed by atoms with E-state index in [0.29, 0.717) is 0 Å². The lowest BCUT2D eigenvalue weighted by molar-refractivity contribution is -0.304. The summed E-state index contributed by atoms with van der Waals surface area (Å²) in [6.45, 7) is 1.13. The second kappa shape index (κ2) is 10.2. The fourth-order valence-electron chi connectivity index (χ4n) is 2.56. The number of amides is 3. The summed E-state index contributed by atoms with van der Waals surface area (Å²) in [4.78, 5) is 25.3. The number of nitrogens with zero attached hydrogens (tertiary/aromatic N) is 1. The number of alkyl halides is 6. The number of anilines is 1. The number of hydrogen-bond acceptors (Lipinski definition) is 3. The van der Waals surface area contributed by atoms with Gasteiger partial charge in [-0.2, -0.15) is 22.0 Å². The molecule has 0 radical (unpaired) electrons. The zero-order chi connectivity index (χ0) is 26.0. The van der Waals surface area contributed by atoms with Gasteiger partial charge in [0.2, 0.25) is 0 Å². The first-order valence-electron chi connectivity index (χ1n) is 8.93. The number of hydrogen-bond donors (Lipinski definition) is 1. The Morgan fingerprint density at radius 3 is 2.00 bits per heavy atom. The van der Waals surface area contributed by atoms with E-state index < -0.39 is 63.4 Å². The van der Waals surface area contributed by atoms with Gasteiger partial charge in [0.25, 0.3) is 12.1 Å². The Labute approximate surface area is 196 Å². The predicted octanol–water partition coefficient (Wildman–Crippen LogP) is 6.52. The molecule has 0 spiro atoms. The highest BCUT2D eigenvalue weighted by molar-refractivity contribution is 6.37. The van der Waals surface area contributed by atoms with E-state index in [0.717, 1.165) is 35.2 Å². The molecule has 0 aromatic heterocycles. The average molecular weight is 539 g/mol. The molecular formula is C19H12Cl2F8N2O3. The van der Waals surface area contributed by atoms with Gasteiger partial charge in [0, 0.05) is 12.2 Å². The number of carbonyl (C=O) groups is 2. The van der Waals surface area contributed by atoms with Crippen LogP contribution in [0, 0.1) is 11.6 Å². The molecule has 2 rings (SSSR count). The number of nitrogens with one attached hydrogen (secondary N) is 1. The first-order chi connectivity index (χ1) is 15.6. The van der Waals surface area contributed by atoms with Gasteiger partial charge in [-0.25, -0.2) is 18.0 Å². The zero-order valence-electron chi connectivity index (χ0n) is 16.6. The monoisotopic (exact) mass is 538 g/mol. The van der Waals surface area contributed by atoms with Gasteiger partial charge in [-0.3, -0.25) is 15.0 Å². The van der Waals surface area contributed by atoms with Gasteiger partial charge in [-0.05, 0) is 31.2 Å². The van der Waals surface area contributed by atoms with Crippen LogP contribution in [0.5, 0.6) is 5.75 Å². The first kappa shape index (κ1) is 27.4. The van der Waals surface area contributed by atoms with E-state index >= 15 is 0 Å². The highest BCUT2D eigenvalue weighted by atomic mass is 35.5. The Morgan fingerprint density at radius 1 is 1.06 bits per heavy atom. The minimum absolute atomic E-state index is 0.234. The van der Waals surface area contributed by atoms with Crippen LogP contribution in [0.1, 0.15) is 17.3 Å². The summed E-state index contributed by atoms with van der Waals surface area (Å²) in [6, 6.07) is 2.78. The molecule has 0 aliphatic heterocycles. The van der Waals surface area contributed by atoms with E-state index in [4.69, 9.17) is 23.2 Å². The highest BCUT2D eigenvalue weighted by Gasteiger charge is 2.59. The molecule has 5 nitrogen and oxygen atoms in total. The molecule has 1 atom stereocenters. The predicted molar refractivity (Wildman–Crippen MR) is 105 cm³/mol. The van der Waals surface area contributed by atoms with Gasteiger partial charge >= 0.3 is 18.3 Å². The van der Waals surface area contributed by atoms with Crippen LogP contribution in [-0.2, 0) is 0 Å². The summed E-state index contributed by atoms with van der Waals surface area (Å²) in [7, 11) is 0. The van der Waals surface area contributed by atoms with Crippen LogP contribution in [0.3, 0.4) is 0 Å². The van der Waals surface area contributed by atoms with Gasteiger partial charge in [-0.15, -0.1) is 0 Å². The van der Waals surface area contributed by atoms with E-state index in [2.05, 4.69) is 4.74 Å². The molecule has 2 aromatic rings. The lowest BCUT2D eigenvalue weighted by atomic mass is 10.2. The van der Waals surface area contributed by atoms with E-state index in [9.17, 15) is 44.7 Å². The Bertz CT molecular complexity index is 1050. The van der Waals surface area contributed by atoms with Crippen LogP contribution >= 0.6 is 23.2 Å². The zero-order valence-corrected chi connectivity index (χ0v) is 18.1. The molecule has 1 unspecified atom stereocenters. The first-order valence-corrected chi connectivity index (χ1v) is 9.69. The van der Waals surface area contributed by atoms with Crippen molar-refractivity contribution < 1.29 is 49.4 Å². The van der Waals surface area contributed by atoms with Crippen molar-refractivity contribution in [2.45, 2.75) is 25.4 Å². The van der Waals surface area contributed by atoms with Gasteiger partial charge in [-0.1, -0.05) is 29.3 Å². The summed E-state index contributed by atoms with van der Waals surface area (Å²) in [5.41, 5.74) is -1.33. The normalized spacial score (nSPS) is 12.8. The molecule has 2 aromatic carbocycles. The highest BCUT2D eigenvalue weighted by Crippen LogP contribution is 2.43. The van der Waals surface area contributed by atoms with Crippen LogP contribution < -0.4 is 15.0 Å². The van der Waals surface area contributed by atoms with E-state index in [1.165, 1.54) is 6.92 Å². The van der Waals surface area contributed by atoms with Crippen LogP contribution in [0.25, 0.3) is 0 Å². The number of ether oxygens (including phenoxy) is 1. The maximum absolute atomic E-state index is 13.7. The molecule has 0 saturated heterocycles. The van der Waals surface area contributed by atoms with Gasteiger partial charge in [0.15, 0.2) is 5.75 Å². The van der Waals surface area contributed by atoms with E-state index in [1.54, 1.807) is 5.32 Å². The topological polar surface area (TPSA) is 58.6 Å². The molecule has 0 saturated carbocycles. The maximum Gasteiger partial charge on any atom is 0.439 e. The Hall–Kier alpha value is -2.80. The second-order valence-corrected chi connectivity index (χ2v) is 7.22. The van der Waals surface area contributed by atoms with Crippen molar-refractivity contribution in [3.05, 3.63) is 57.6 Å². The molecule has 0 fully saturated rings. The molecule has 0 aliphatic carbocycles. The standard InChI is InChI=1S/C19H12Cl2F8N2O3/c1-2-31(17(33)30-15(32)13-11(22)4-3-5-12(13)23)8-6-9(20)14(10(21)7-8)34-19(28,29)16(24)18(25,26)27/h3-7,16H,2H2,1H3,(H,30,32,33). The molecule has 0 heterocycles. The van der Waals surface area contributed by atoms with Gasteiger partial charge in [0.1, 0.15) is 17.2 Å². The summed E-state index contributed by atoms with van der Waals surface area (Å²) in [5.74, 6) is -5.18. The number of benzene rings is 2. The Balaban J connectivity index is 2.30. The van der Waals surface area contributed by atoms with Gasteiger partial charge < -0.3 is 4.74 Å². The third-order valence-electron chi connectivity index (χ3n) is 4.09. The van der Waals surface area contributed by atoms with Crippen LogP contribution in [-0.4, -0.2) is 36.9 Å². The lowest BCUT2D eigenvalue weighted by Crippen LogP contribution is -2.45. The van der Waals surface area contributed by atoms with E-state index in [1.807, 2.05) is 0 Å². The number of urea groups is 1. The largest absolute Gasteiger partial charge is 0.439 e. The van der Waals surface area contributed by atoms with E-state index in [-0.39, 0.29) is 12.2 Å². The minimum Gasteiger partial charge on any atom is -0.427 e. The van der Waals surface area contributed by atoms with Crippen molar-refractivity contribution in [3.8, 4) is 5.75 Å². The van der Waals surface area contributed by atoms with Crippen molar-refractivity contribution in [1.82, 2.24) is 5.32 Å². The van der Waals surface area contributed by atoms with Crippen molar-refractivity contribution >= 4 is 40.8 Å². The maximum atomic E-state index is 13.7. The summed E-state index contributed by atoms with van der Waals surface area (Å²) < 4.78 is 108. The third-order valence-corrected chi connectivity index (χ3v) is 4.65. The molecule has 0 bridgehead atoms. The molecule has 34 heavy (non-hydrogen) atoms. The third kappa shape index (κ3) is 6.00. The van der Waals surface area contributed by atoms with Crippen molar-refractivity contribution in [1.29, 1.82) is 0 Å². The Kier molecular flexibility index (Phi) is 8.25. The SMILES string of the molecule is CCN(C(=O)NC(=O)c1c(F)cccc1F)c1cc(Cl)c(OC(F)(F)C(F)C(F)(F)F)c(Cl)c1. The molecular weight excluding hydrogens is 527 g/mol. The summed E-state index contributed by atoms with van der Waals surface area (Å²) >= 11 is 11.5. The van der Waals surface area contributed by atoms with Crippen molar-refractivity contribution in [2.75, 3.05) is 11.4 Å². The van der Waals surface area contributed by atoms with Crippen molar-refractivity contribution in [3.63, 3.8) is 0 Å². The number of imide groups is 1. The second-order valence-electron chi connectivity index (χ2n) is 6.41. The number of rotatable bonds is 6. The number of halogens is 10. The molecule has 3 amide bonds. The van der Waals surface area contributed by atoms with Gasteiger partial charge in [0.05, 0.1) is 10.0 Å². The summed E-state index contributed by atoms with van der Waals surface area (Å²) in [6.07, 6.45) is -16.1. The molecule has 15 heteroatoms. The molecule has 186 valence electrons. The molecule has 0 aliphatic rings. The number of carbonyl (C=O) groups excluding carboxylic acids is 2. The smallest absolute Gasteiger partial charge is 0.427 e. The summed E-state index contributed by atoms with van der Waals surface area (Å²) in [5, 5.41) is 0.0295. The quantitative estimate of drug-likeness (QED) is 0.426. The minimum atomic E-state index is -5.95. The fraction of sp³-hybridized carbons (Fsp3) is 0.263. The fourth-order valence-corrected chi connectivity index (χ4v) is 3.12.